The van der Waals surface area contributed by atoms with E-state index in [0.717, 1.165) is 12.1 Å². The summed E-state index contributed by atoms with van der Waals surface area (Å²) in [4.78, 5) is 4.19. The molecule has 2 heterocycles. The second kappa shape index (κ2) is 6.65. The molecule has 112 valence electrons. The SMILES string of the molecule is CC1CC(C)CN(S(=O)(=O)NCCc2ccccn2)C1. The zero-order valence-corrected chi connectivity index (χ0v) is 12.9. The summed E-state index contributed by atoms with van der Waals surface area (Å²) in [5.74, 6) is 0.845. The third kappa shape index (κ3) is 4.26. The first-order valence-electron chi connectivity index (χ1n) is 7.12. The average Bonchev–Trinajstić information content (AvgIpc) is 2.38. The van der Waals surface area contributed by atoms with Crippen LogP contribution in [0.25, 0.3) is 0 Å². The molecule has 5 nitrogen and oxygen atoms in total. The number of hydrogen-bond donors (Lipinski definition) is 1. The monoisotopic (exact) mass is 297 g/mol. The highest BCUT2D eigenvalue weighted by atomic mass is 32.2. The molecule has 1 aromatic heterocycles. The lowest BCUT2D eigenvalue weighted by molar-refractivity contribution is 0.220. The van der Waals surface area contributed by atoms with Crippen LogP contribution in [0, 0.1) is 11.8 Å². The molecule has 1 aliphatic heterocycles. The molecular formula is C14H23N3O2S. The van der Waals surface area contributed by atoms with Crippen LogP contribution in [0.4, 0.5) is 0 Å². The van der Waals surface area contributed by atoms with Gasteiger partial charge in [0, 0.05) is 37.9 Å². The third-order valence-corrected chi connectivity index (χ3v) is 5.11. The molecule has 0 saturated carbocycles. The summed E-state index contributed by atoms with van der Waals surface area (Å²) in [7, 11) is -3.36. The van der Waals surface area contributed by atoms with Gasteiger partial charge in [-0.2, -0.15) is 12.7 Å². The van der Waals surface area contributed by atoms with Gasteiger partial charge >= 0.3 is 0 Å². The molecule has 0 spiro atoms. The van der Waals surface area contributed by atoms with Crippen LogP contribution < -0.4 is 4.72 Å². The average molecular weight is 297 g/mol. The summed E-state index contributed by atoms with van der Waals surface area (Å²) in [5, 5.41) is 0. The Balaban J connectivity index is 1.87. The van der Waals surface area contributed by atoms with Crippen molar-refractivity contribution in [2.45, 2.75) is 26.7 Å². The van der Waals surface area contributed by atoms with E-state index in [0.29, 0.717) is 37.9 Å². The van der Waals surface area contributed by atoms with E-state index in [4.69, 9.17) is 0 Å². The number of nitrogens with one attached hydrogen (secondary N) is 1. The molecule has 0 aliphatic carbocycles. The molecule has 0 radical (unpaired) electrons. The Morgan fingerprint density at radius 2 is 2.00 bits per heavy atom. The van der Waals surface area contributed by atoms with Crippen LogP contribution in [0.1, 0.15) is 26.0 Å². The Labute approximate surface area is 121 Å². The van der Waals surface area contributed by atoms with Gasteiger partial charge in [-0.25, -0.2) is 4.72 Å². The quantitative estimate of drug-likeness (QED) is 0.894. The summed E-state index contributed by atoms with van der Waals surface area (Å²) in [6.45, 7) is 5.82. The van der Waals surface area contributed by atoms with Crippen molar-refractivity contribution in [1.82, 2.24) is 14.0 Å². The fourth-order valence-corrected chi connectivity index (χ4v) is 4.19. The largest absolute Gasteiger partial charge is 0.279 e. The van der Waals surface area contributed by atoms with Crippen molar-refractivity contribution in [3.63, 3.8) is 0 Å². The Kier molecular flexibility index (Phi) is 5.12. The van der Waals surface area contributed by atoms with Crippen molar-refractivity contribution >= 4 is 10.2 Å². The fraction of sp³-hybridized carbons (Fsp3) is 0.643. The van der Waals surface area contributed by atoms with Crippen molar-refractivity contribution in [1.29, 1.82) is 0 Å². The van der Waals surface area contributed by atoms with Gasteiger partial charge in [-0.05, 0) is 30.4 Å². The van der Waals surface area contributed by atoms with Crippen molar-refractivity contribution in [3.05, 3.63) is 30.1 Å². The highest BCUT2D eigenvalue weighted by Crippen LogP contribution is 2.22. The molecule has 1 aliphatic rings. The first-order valence-corrected chi connectivity index (χ1v) is 8.56. The molecule has 0 amide bonds. The first-order chi connectivity index (χ1) is 9.47. The minimum absolute atomic E-state index is 0.388. The molecule has 2 unspecified atom stereocenters. The Bertz CT molecular complexity index is 508. The number of piperidine rings is 1. The van der Waals surface area contributed by atoms with Gasteiger partial charge in [0.05, 0.1) is 0 Å². The molecule has 1 fully saturated rings. The van der Waals surface area contributed by atoms with Gasteiger partial charge in [-0.1, -0.05) is 19.9 Å². The van der Waals surface area contributed by atoms with Gasteiger partial charge in [-0.3, -0.25) is 4.98 Å². The van der Waals surface area contributed by atoms with Crippen molar-refractivity contribution in [2.24, 2.45) is 11.8 Å². The molecule has 1 aromatic rings. The predicted molar refractivity (Wildman–Crippen MR) is 79.4 cm³/mol. The van der Waals surface area contributed by atoms with Crippen LogP contribution in [0.2, 0.25) is 0 Å². The van der Waals surface area contributed by atoms with Crippen LogP contribution >= 0.6 is 0 Å². The number of hydrogen-bond acceptors (Lipinski definition) is 3. The van der Waals surface area contributed by atoms with Crippen LogP contribution in [0.15, 0.2) is 24.4 Å². The topological polar surface area (TPSA) is 62.3 Å². The van der Waals surface area contributed by atoms with E-state index < -0.39 is 10.2 Å². The number of rotatable bonds is 5. The van der Waals surface area contributed by atoms with E-state index >= 15 is 0 Å². The minimum atomic E-state index is -3.36. The fourth-order valence-electron chi connectivity index (χ4n) is 2.75. The van der Waals surface area contributed by atoms with Crippen molar-refractivity contribution < 1.29 is 8.42 Å². The molecule has 0 aromatic carbocycles. The molecular weight excluding hydrogens is 274 g/mol. The second-order valence-corrected chi connectivity index (χ2v) is 7.49. The van der Waals surface area contributed by atoms with Gasteiger partial charge in [0.15, 0.2) is 0 Å². The molecule has 20 heavy (non-hydrogen) atoms. The van der Waals surface area contributed by atoms with Gasteiger partial charge in [0.2, 0.25) is 0 Å². The lowest BCUT2D eigenvalue weighted by atomic mass is 9.94. The van der Waals surface area contributed by atoms with Crippen molar-refractivity contribution in [2.75, 3.05) is 19.6 Å². The summed E-state index contributed by atoms with van der Waals surface area (Å²) < 4.78 is 28.8. The summed E-state index contributed by atoms with van der Waals surface area (Å²) in [6, 6.07) is 5.66. The van der Waals surface area contributed by atoms with E-state index in [1.54, 1.807) is 10.5 Å². The van der Waals surface area contributed by atoms with E-state index in [9.17, 15) is 8.42 Å². The van der Waals surface area contributed by atoms with Crippen LogP contribution in [-0.2, 0) is 16.6 Å². The van der Waals surface area contributed by atoms with Crippen molar-refractivity contribution in [3.8, 4) is 0 Å². The second-order valence-electron chi connectivity index (χ2n) is 5.73. The van der Waals surface area contributed by atoms with Gasteiger partial charge in [0.25, 0.3) is 10.2 Å². The third-order valence-electron chi connectivity index (χ3n) is 3.57. The van der Waals surface area contributed by atoms with Gasteiger partial charge < -0.3 is 0 Å². The molecule has 2 rings (SSSR count). The smallest absolute Gasteiger partial charge is 0.261 e. The highest BCUT2D eigenvalue weighted by Gasteiger charge is 2.29. The maximum absolute atomic E-state index is 12.3. The molecule has 0 bridgehead atoms. The first kappa shape index (κ1) is 15.4. The van der Waals surface area contributed by atoms with E-state index in [1.807, 2.05) is 18.2 Å². The predicted octanol–water partition coefficient (Wildman–Crippen LogP) is 1.44. The zero-order valence-electron chi connectivity index (χ0n) is 12.1. The molecule has 2 atom stereocenters. The van der Waals surface area contributed by atoms with E-state index in [2.05, 4.69) is 23.6 Å². The molecule has 1 N–H and O–H groups in total. The summed E-state index contributed by atoms with van der Waals surface area (Å²) in [5.41, 5.74) is 0.899. The maximum Gasteiger partial charge on any atom is 0.279 e. The maximum atomic E-state index is 12.3. The lowest BCUT2D eigenvalue weighted by Crippen LogP contribution is -2.48. The Morgan fingerprint density at radius 3 is 2.60 bits per heavy atom. The molecule has 1 saturated heterocycles. The summed E-state index contributed by atoms with van der Waals surface area (Å²) in [6.07, 6.45) is 3.43. The Hall–Kier alpha value is -0.980. The van der Waals surface area contributed by atoms with Gasteiger partial charge in [0.1, 0.15) is 0 Å². The van der Waals surface area contributed by atoms with Crippen LogP contribution in [0.5, 0.6) is 0 Å². The summed E-state index contributed by atoms with van der Waals surface area (Å²) >= 11 is 0. The lowest BCUT2D eigenvalue weighted by Gasteiger charge is -2.33. The highest BCUT2D eigenvalue weighted by molar-refractivity contribution is 7.87. The normalized spacial score (nSPS) is 24.7. The Morgan fingerprint density at radius 1 is 1.30 bits per heavy atom. The van der Waals surface area contributed by atoms with Crippen LogP contribution in [-0.4, -0.2) is 37.3 Å². The number of pyridine rings is 1. The minimum Gasteiger partial charge on any atom is -0.261 e. The number of nitrogens with zero attached hydrogens (tertiary/aromatic N) is 2. The molecule has 6 heteroatoms. The standard InChI is InChI=1S/C14H23N3O2S/c1-12-9-13(2)11-17(10-12)20(18,19)16-8-6-14-5-3-4-7-15-14/h3-5,7,12-13,16H,6,8-11H2,1-2H3. The van der Waals surface area contributed by atoms with E-state index in [-0.39, 0.29) is 0 Å². The van der Waals surface area contributed by atoms with Crippen LogP contribution in [0.3, 0.4) is 0 Å². The van der Waals surface area contributed by atoms with E-state index in [1.165, 1.54) is 0 Å². The number of aromatic nitrogens is 1. The zero-order chi connectivity index (χ0) is 14.6. The van der Waals surface area contributed by atoms with Gasteiger partial charge in [-0.15, -0.1) is 0 Å².